The van der Waals surface area contributed by atoms with Gasteiger partial charge in [0, 0.05) is 22.9 Å². The molecule has 0 fully saturated rings. The van der Waals surface area contributed by atoms with Gasteiger partial charge in [0.2, 0.25) is 0 Å². The third-order valence-corrected chi connectivity index (χ3v) is 4.77. The van der Waals surface area contributed by atoms with Crippen molar-refractivity contribution in [2.75, 3.05) is 20.0 Å². The van der Waals surface area contributed by atoms with E-state index >= 15 is 0 Å². The number of hydrogen-bond donors (Lipinski definition) is 1. The molecule has 0 radical (unpaired) electrons. The van der Waals surface area contributed by atoms with Crippen LogP contribution in [0.15, 0.2) is 24.5 Å². The molecule has 6 nitrogen and oxygen atoms in total. The first kappa shape index (κ1) is 15.6. The fourth-order valence-corrected chi connectivity index (χ4v) is 3.58. The van der Waals surface area contributed by atoms with Gasteiger partial charge in [-0.05, 0) is 43.4 Å². The van der Waals surface area contributed by atoms with Gasteiger partial charge in [0.15, 0.2) is 5.65 Å². The number of anilines is 1. The van der Waals surface area contributed by atoms with Crippen LogP contribution < -0.4 is 15.2 Å². The Morgan fingerprint density at radius 1 is 1.04 bits per heavy atom. The number of aromatic nitrogens is 3. The second kappa shape index (κ2) is 6.20. The number of benzene rings is 1. The number of aryl methyl sites for hydroxylation is 1. The number of nitrogen functional groups attached to an aromatic ring is 1. The van der Waals surface area contributed by atoms with Crippen LogP contribution in [-0.2, 0) is 12.8 Å². The molecule has 0 unspecified atom stereocenters. The second-order valence-corrected chi connectivity index (χ2v) is 6.14. The molecule has 6 heteroatoms. The summed E-state index contributed by atoms with van der Waals surface area (Å²) in [6.07, 6.45) is 5.68. The lowest BCUT2D eigenvalue weighted by atomic mass is 9.87. The van der Waals surface area contributed by atoms with Crippen LogP contribution in [0, 0.1) is 0 Å². The van der Waals surface area contributed by atoms with Crippen LogP contribution in [0.25, 0.3) is 22.2 Å². The summed E-state index contributed by atoms with van der Waals surface area (Å²) in [6.45, 7) is 0. The molecular weight excluding hydrogens is 316 g/mol. The zero-order chi connectivity index (χ0) is 17.4. The predicted octanol–water partition coefficient (Wildman–Crippen LogP) is 3.17. The van der Waals surface area contributed by atoms with Crippen LogP contribution >= 0.6 is 0 Å². The molecule has 0 bridgehead atoms. The van der Waals surface area contributed by atoms with E-state index in [4.69, 9.17) is 20.2 Å². The molecule has 4 rings (SSSR count). The molecule has 1 aromatic carbocycles. The van der Waals surface area contributed by atoms with E-state index in [2.05, 4.69) is 9.97 Å². The SMILES string of the molecule is COc1ccc(-c2c3c(nc4ncnc(N)c24)CCCC3)c(OC)c1. The highest BCUT2D eigenvalue weighted by molar-refractivity contribution is 6.02. The van der Waals surface area contributed by atoms with Crippen molar-refractivity contribution in [2.24, 2.45) is 0 Å². The summed E-state index contributed by atoms with van der Waals surface area (Å²) < 4.78 is 11.0. The Morgan fingerprint density at radius 2 is 1.88 bits per heavy atom. The van der Waals surface area contributed by atoms with E-state index in [0.29, 0.717) is 11.5 Å². The van der Waals surface area contributed by atoms with E-state index in [0.717, 1.165) is 59.4 Å². The van der Waals surface area contributed by atoms with Gasteiger partial charge in [0.25, 0.3) is 0 Å². The quantitative estimate of drug-likeness (QED) is 0.791. The maximum absolute atomic E-state index is 6.22. The van der Waals surface area contributed by atoms with Gasteiger partial charge in [-0.25, -0.2) is 15.0 Å². The van der Waals surface area contributed by atoms with Crippen LogP contribution in [0.2, 0.25) is 0 Å². The molecule has 0 saturated carbocycles. The molecule has 128 valence electrons. The predicted molar refractivity (Wildman–Crippen MR) is 96.9 cm³/mol. The van der Waals surface area contributed by atoms with E-state index in [1.54, 1.807) is 14.2 Å². The van der Waals surface area contributed by atoms with Gasteiger partial charge in [-0.2, -0.15) is 0 Å². The highest BCUT2D eigenvalue weighted by Gasteiger charge is 2.23. The van der Waals surface area contributed by atoms with Crippen molar-refractivity contribution in [3.05, 3.63) is 35.8 Å². The molecule has 0 atom stereocenters. The molecule has 1 aliphatic carbocycles. The van der Waals surface area contributed by atoms with Gasteiger partial charge in [0.05, 0.1) is 19.6 Å². The third kappa shape index (κ3) is 2.54. The minimum absolute atomic E-state index is 0.443. The molecule has 0 saturated heterocycles. The number of fused-ring (bicyclic) bond motifs is 2. The summed E-state index contributed by atoms with van der Waals surface area (Å²) in [5.41, 5.74) is 11.2. The molecule has 2 aromatic heterocycles. The van der Waals surface area contributed by atoms with E-state index in [1.807, 2.05) is 18.2 Å². The van der Waals surface area contributed by atoms with Crippen molar-refractivity contribution in [1.82, 2.24) is 15.0 Å². The zero-order valence-electron chi connectivity index (χ0n) is 14.4. The van der Waals surface area contributed by atoms with Crippen LogP contribution in [-0.4, -0.2) is 29.2 Å². The Hall–Kier alpha value is -2.89. The minimum Gasteiger partial charge on any atom is -0.497 e. The van der Waals surface area contributed by atoms with Crippen molar-refractivity contribution in [3.8, 4) is 22.6 Å². The maximum atomic E-state index is 6.22. The Bertz CT molecular complexity index is 956. The Morgan fingerprint density at radius 3 is 2.68 bits per heavy atom. The first-order valence-corrected chi connectivity index (χ1v) is 8.37. The van der Waals surface area contributed by atoms with Gasteiger partial charge >= 0.3 is 0 Å². The molecule has 2 heterocycles. The van der Waals surface area contributed by atoms with Crippen molar-refractivity contribution in [3.63, 3.8) is 0 Å². The smallest absolute Gasteiger partial charge is 0.165 e. The Kier molecular flexibility index (Phi) is 3.87. The average molecular weight is 336 g/mol. The second-order valence-electron chi connectivity index (χ2n) is 6.14. The number of rotatable bonds is 3. The van der Waals surface area contributed by atoms with Crippen molar-refractivity contribution >= 4 is 16.9 Å². The van der Waals surface area contributed by atoms with Gasteiger partial charge in [0.1, 0.15) is 23.6 Å². The first-order chi connectivity index (χ1) is 12.2. The van der Waals surface area contributed by atoms with Crippen molar-refractivity contribution in [1.29, 1.82) is 0 Å². The van der Waals surface area contributed by atoms with E-state index in [-0.39, 0.29) is 0 Å². The summed E-state index contributed by atoms with van der Waals surface area (Å²) in [5.74, 6) is 1.93. The number of methoxy groups -OCH3 is 2. The van der Waals surface area contributed by atoms with Crippen molar-refractivity contribution < 1.29 is 9.47 Å². The van der Waals surface area contributed by atoms with Crippen molar-refractivity contribution in [2.45, 2.75) is 25.7 Å². The van der Waals surface area contributed by atoms with E-state index < -0.39 is 0 Å². The lowest BCUT2D eigenvalue weighted by Crippen LogP contribution is -2.10. The molecule has 25 heavy (non-hydrogen) atoms. The molecule has 0 aliphatic heterocycles. The highest BCUT2D eigenvalue weighted by Crippen LogP contribution is 2.42. The monoisotopic (exact) mass is 336 g/mol. The number of ether oxygens (including phenoxy) is 2. The summed E-state index contributed by atoms with van der Waals surface area (Å²) in [5, 5.41) is 0.798. The first-order valence-electron chi connectivity index (χ1n) is 8.37. The van der Waals surface area contributed by atoms with Gasteiger partial charge in [-0.3, -0.25) is 0 Å². The number of nitrogens with zero attached hydrogens (tertiary/aromatic N) is 3. The standard InChI is InChI=1S/C19H20N4O2/c1-24-11-7-8-13(15(9-11)25-2)16-12-5-3-4-6-14(12)23-19-17(16)18(20)21-10-22-19/h7-10H,3-6H2,1-2H3,(H2,20,21,22,23). The largest absolute Gasteiger partial charge is 0.497 e. The topological polar surface area (TPSA) is 83.2 Å². The molecule has 1 aliphatic rings. The van der Waals surface area contributed by atoms with Gasteiger partial charge in [-0.15, -0.1) is 0 Å². The fraction of sp³-hybridized carbons (Fsp3) is 0.316. The zero-order valence-corrected chi connectivity index (χ0v) is 14.4. The lowest BCUT2D eigenvalue weighted by Gasteiger charge is -2.22. The summed E-state index contributed by atoms with van der Waals surface area (Å²) in [6, 6.07) is 5.82. The molecule has 2 N–H and O–H groups in total. The van der Waals surface area contributed by atoms with E-state index in [9.17, 15) is 0 Å². The molecule has 0 spiro atoms. The van der Waals surface area contributed by atoms with Gasteiger partial charge in [-0.1, -0.05) is 0 Å². The van der Waals surface area contributed by atoms with Crippen LogP contribution in [0.5, 0.6) is 11.5 Å². The summed E-state index contributed by atoms with van der Waals surface area (Å²) >= 11 is 0. The molecule has 0 amide bonds. The number of nitrogens with two attached hydrogens (primary N) is 1. The average Bonchev–Trinajstić information content (AvgIpc) is 2.66. The van der Waals surface area contributed by atoms with E-state index in [1.165, 1.54) is 11.9 Å². The fourth-order valence-electron chi connectivity index (χ4n) is 3.58. The summed E-state index contributed by atoms with van der Waals surface area (Å²) in [7, 11) is 3.30. The normalized spacial score (nSPS) is 13.5. The number of pyridine rings is 1. The van der Waals surface area contributed by atoms with Crippen LogP contribution in [0.4, 0.5) is 5.82 Å². The van der Waals surface area contributed by atoms with Crippen LogP contribution in [0.3, 0.4) is 0 Å². The third-order valence-electron chi connectivity index (χ3n) is 4.77. The summed E-state index contributed by atoms with van der Waals surface area (Å²) in [4.78, 5) is 13.3. The van der Waals surface area contributed by atoms with Crippen LogP contribution in [0.1, 0.15) is 24.1 Å². The maximum Gasteiger partial charge on any atom is 0.165 e. The lowest BCUT2D eigenvalue weighted by molar-refractivity contribution is 0.395. The number of hydrogen-bond acceptors (Lipinski definition) is 6. The highest BCUT2D eigenvalue weighted by atomic mass is 16.5. The minimum atomic E-state index is 0.443. The van der Waals surface area contributed by atoms with Gasteiger partial charge < -0.3 is 15.2 Å². The molecular formula is C19H20N4O2. The Labute approximate surface area is 146 Å². The Balaban J connectivity index is 2.10. The molecule has 3 aromatic rings.